The number of thiophene rings is 1. The second-order valence-corrected chi connectivity index (χ2v) is 6.25. The monoisotopic (exact) mass is 289 g/mol. The first-order chi connectivity index (χ1) is 9.63. The molecule has 1 aromatic rings. The minimum atomic E-state index is 0.0628. The first-order valence-corrected chi connectivity index (χ1v) is 7.76. The SMILES string of the molecule is C=C(C)CC1C=CCC(NC(=O)Cc2cccs2)BO1. The van der Waals surface area contributed by atoms with Gasteiger partial charge >= 0.3 is 0 Å². The third-order valence-corrected chi connectivity index (χ3v) is 3.99. The number of hydrogen-bond acceptors (Lipinski definition) is 3. The Morgan fingerprint density at radius 3 is 3.20 bits per heavy atom. The van der Waals surface area contributed by atoms with Crippen molar-refractivity contribution in [2.24, 2.45) is 0 Å². The molecular weight excluding hydrogens is 269 g/mol. The van der Waals surface area contributed by atoms with E-state index >= 15 is 0 Å². The van der Waals surface area contributed by atoms with Crippen molar-refractivity contribution in [1.82, 2.24) is 5.32 Å². The molecule has 0 aromatic carbocycles. The number of nitrogens with one attached hydrogen (secondary N) is 1. The molecule has 2 rings (SSSR count). The summed E-state index contributed by atoms with van der Waals surface area (Å²) < 4.78 is 5.80. The Bertz CT molecular complexity index is 484. The molecule has 0 saturated carbocycles. The number of amides is 1. The van der Waals surface area contributed by atoms with Gasteiger partial charge in [-0.25, -0.2) is 0 Å². The lowest BCUT2D eigenvalue weighted by Gasteiger charge is -2.17. The van der Waals surface area contributed by atoms with Crippen molar-refractivity contribution < 1.29 is 9.45 Å². The lowest BCUT2D eigenvalue weighted by atomic mass is 9.85. The second-order valence-electron chi connectivity index (χ2n) is 5.22. The van der Waals surface area contributed by atoms with Crippen molar-refractivity contribution in [3.63, 3.8) is 0 Å². The maximum absolute atomic E-state index is 12.0. The molecule has 1 aromatic heterocycles. The van der Waals surface area contributed by atoms with E-state index in [0.717, 1.165) is 23.3 Å². The van der Waals surface area contributed by atoms with E-state index in [9.17, 15) is 4.79 Å². The van der Waals surface area contributed by atoms with Crippen LogP contribution in [0.2, 0.25) is 0 Å². The summed E-state index contributed by atoms with van der Waals surface area (Å²) in [6.07, 6.45) is 6.37. The van der Waals surface area contributed by atoms with E-state index in [1.807, 2.05) is 24.4 Å². The Hall–Kier alpha value is -1.33. The van der Waals surface area contributed by atoms with Gasteiger partial charge in [0.2, 0.25) is 5.91 Å². The van der Waals surface area contributed by atoms with Crippen LogP contribution in [-0.4, -0.2) is 25.4 Å². The zero-order valence-electron chi connectivity index (χ0n) is 11.8. The van der Waals surface area contributed by atoms with Crippen LogP contribution >= 0.6 is 11.3 Å². The summed E-state index contributed by atoms with van der Waals surface area (Å²) in [7, 11) is 0.557. The number of carbonyl (C=O) groups excluding carboxylic acids is 1. The molecule has 0 radical (unpaired) electrons. The van der Waals surface area contributed by atoms with Gasteiger partial charge in [-0.15, -0.1) is 17.9 Å². The van der Waals surface area contributed by atoms with Crippen molar-refractivity contribution in [2.45, 2.75) is 38.2 Å². The van der Waals surface area contributed by atoms with Crippen molar-refractivity contribution in [2.75, 3.05) is 0 Å². The van der Waals surface area contributed by atoms with Gasteiger partial charge in [-0.1, -0.05) is 23.8 Å². The quantitative estimate of drug-likeness (QED) is 0.667. The standard InChI is InChI=1S/C15H20BNO2S/c1-11(2)9-12-5-3-7-14(16-19-12)17-15(18)10-13-6-4-8-20-13/h3-6,8,12,14,16H,1,7,9-10H2,2H3,(H,17,18). The molecule has 2 heterocycles. The first-order valence-electron chi connectivity index (χ1n) is 6.88. The Labute approximate surface area is 125 Å². The summed E-state index contributed by atoms with van der Waals surface area (Å²) in [5, 5.41) is 5.03. The fraction of sp³-hybridized carbons (Fsp3) is 0.400. The van der Waals surface area contributed by atoms with Gasteiger partial charge in [0.25, 0.3) is 7.48 Å². The predicted octanol–water partition coefficient (Wildman–Crippen LogP) is 2.40. The van der Waals surface area contributed by atoms with Crippen LogP contribution in [-0.2, 0) is 15.9 Å². The summed E-state index contributed by atoms with van der Waals surface area (Å²) in [6.45, 7) is 5.91. The van der Waals surface area contributed by atoms with Gasteiger partial charge in [0.1, 0.15) is 0 Å². The Balaban J connectivity index is 1.78. The summed E-state index contributed by atoms with van der Waals surface area (Å²) in [5.41, 5.74) is 1.11. The zero-order valence-corrected chi connectivity index (χ0v) is 12.6. The van der Waals surface area contributed by atoms with E-state index in [1.54, 1.807) is 11.3 Å². The fourth-order valence-electron chi connectivity index (χ4n) is 2.18. The summed E-state index contributed by atoms with van der Waals surface area (Å²) in [6, 6.07) is 3.95. The highest BCUT2D eigenvalue weighted by Crippen LogP contribution is 2.13. The molecule has 2 atom stereocenters. The van der Waals surface area contributed by atoms with Gasteiger partial charge in [0, 0.05) is 10.8 Å². The smallest absolute Gasteiger partial charge is 0.298 e. The molecule has 1 N–H and O–H groups in total. The summed E-state index contributed by atoms with van der Waals surface area (Å²) in [4.78, 5) is 13.0. The number of hydrogen-bond donors (Lipinski definition) is 1. The van der Waals surface area contributed by atoms with Crippen LogP contribution in [0.25, 0.3) is 0 Å². The average molecular weight is 289 g/mol. The van der Waals surface area contributed by atoms with Crippen LogP contribution in [0.1, 0.15) is 24.6 Å². The van der Waals surface area contributed by atoms with Crippen LogP contribution in [0, 0.1) is 0 Å². The van der Waals surface area contributed by atoms with Crippen molar-refractivity contribution >= 4 is 24.7 Å². The molecule has 1 amide bonds. The summed E-state index contributed by atoms with van der Waals surface area (Å²) >= 11 is 1.61. The van der Waals surface area contributed by atoms with Crippen LogP contribution in [0.3, 0.4) is 0 Å². The van der Waals surface area contributed by atoms with Gasteiger partial charge < -0.3 is 9.97 Å². The second kappa shape index (κ2) is 7.46. The largest absolute Gasteiger partial charge is 0.431 e. The fourth-order valence-corrected chi connectivity index (χ4v) is 2.88. The minimum absolute atomic E-state index is 0.0628. The molecule has 0 saturated heterocycles. The van der Waals surface area contributed by atoms with Gasteiger partial charge in [-0.3, -0.25) is 4.79 Å². The van der Waals surface area contributed by atoms with Crippen LogP contribution in [0.15, 0.2) is 41.8 Å². The molecule has 2 unspecified atom stereocenters. The molecule has 0 spiro atoms. The molecule has 0 aliphatic carbocycles. The Kier molecular flexibility index (Phi) is 5.62. The van der Waals surface area contributed by atoms with Crippen molar-refractivity contribution in [3.05, 3.63) is 46.7 Å². The van der Waals surface area contributed by atoms with Crippen molar-refractivity contribution in [3.8, 4) is 0 Å². The molecule has 3 nitrogen and oxygen atoms in total. The van der Waals surface area contributed by atoms with Gasteiger partial charge in [0.15, 0.2) is 0 Å². The maximum atomic E-state index is 12.0. The van der Waals surface area contributed by atoms with Gasteiger partial charge in [-0.05, 0) is 31.2 Å². The minimum Gasteiger partial charge on any atom is -0.431 e. The van der Waals surface area contributed by atoms with E-state index in [-0.39, 0.29) is 18.0 Å². The molecule has 1 aliphatic heterocycles. The molecule has 0 bridgehead atoms. The molecule has 0 fully saturated rings. The van der Waals surface area contributed by atoms with Gasteiger partial charge in [-0.2, -0.15) is 0 Å². The van der Waals surface area contributed by atoms with E-state index in [2.05, 4.69) is 24.0 Å². The highest BCUT2D eigenvalue weighted by Gasteiger charge is 2.19. The average Bonchev–Trinajstić information content (AvgIpc) is 2.78. The number of rotatable bonds is 5. The highest BCUT2D eigenvalue weighted by atomic mass is 32.1. The van der Waals surface area contributed by atoms with Gasteiger partial charge in [0.05, 0.1) is 12.5 Å². The molecule has 20 heavy (non-hydrogen) atoms. The third kappa shape index (κ3) is 4.98. The molecule has 1 aliphatic rings. The molecular formula is C15H20BNO2S. The maximum Gasteiger partial charge on any atom is 0.298 e. The third-order valence-electron chi connectivity index (χ3n) is 3.11. The molecule has 106 valence electrons. The van der Waals surface area contributed by atoms with Crippen LogP contribution in [0.4, 0.5) is 0 Å². The van der Waals surface area contributed by atoms with Crippen LogP contribution < -0.4 is 5.32 Å². The zero-order chi connectivity index (χ0) is 14.4. The Morgan fingerprint density at radius 1 is 1.65 bits per heavy atom. The first kappa shape index (κ1) is 15.1. The summed E-state index contributed by atoms with van der Waals surface area (Å²) in [5.74, 6) is 0.127. The van der Waals surface area contributed by atoms with E-state index in [4.69, 9.17) is 4.65 Å². The van der Waals surface area contributed by atoms with E-state index < -0.39 is 0 Å². The normalized spacial score (nSPS) is 21.9. The van der Waals surface area contributed by atoms with E-state index in [0.29, 0.717) is 13.9 Å². The Morgan fingerprint density at radius 2 is 2.50 bits per heavy atom. The number of carbonyl (C=O) groups is 1. The highest BCUT2D eigenvalue weighted by molar-refractivity contribution is 7.10. The lowest BCUT2D eigenvalue weighted by molar-refractivity contribution is -0.120. The molecule has 5 heteroatoms. The predicted molar refractivity (Wildman–Crippen MR) is 85.2 cm³/mol. The van der Waals surface area contributed by atoms with Crippen molar-refractivity contribution in [1.29, 1.82) is 0 Å². The lowest BCUT2D eigenvalue weighted by Crippen LogP contribution is -2.40. The van der Waals surface area contributed by atoms with E-state index in [1.165, 1.54) is 0 Å². The topological polar surface area (TPSA) is 38.3 Å². The van der Waals surface area contributed by atoms with Crippen LogP contribution in [0.5, 0.6) is 0 Å².